The van der Waals surface area contributed by atoms with Crippen molar-refractivity contribution in [3.05, 3.63) is 60.2 Å². The van der Waals surface area contributed by atoms with E-state index in [0.29, 0.717) is 13.1 Å². The predicted octanol–water partition coefficient (Wildman–Crippen LogP) is 2.57. The number of urea groups is 1. The highest BCUT2D eigenvalue weighted by Gasteiger charge is 2.21. The minimum Gasteiger partial charge on any atom is -0.322 e. The standard InChI is InChI=1S/C17H19FN4O/c18-15-5-1-2-6-16(15)20-17(23)22-10-8-21(9-11-22)13-14-4-3-7-19-12-14/h1-7,12H,8-11,13H2,(H,20,23). The van der Waals surface area contributed by atoms with Crippen LogP contribution in [0.15, 0.2) is 48.8 Å². The second kappa shape index (κ2) is 7.19. The van der Waals surface area contributed by atoms with Gasteiger partial charge in [0.25, 0.3) is 0 Å². The smallest absolute Gasteiger partial charge is 0.322 e. The van der Waals surface area contributed by atoms with Crippen LogP contribution in [0.1, 0.15) is 5.56 Å². The Bertz CT molecular complexity index is 657. The summed E-state index contributed by atoms with van der Waals surface area (Å²) in [6.45, 7) is 3.66. The average Bonchev–Trinajstić information content (AvgIpc) is 2.58. The highest BCUT2D eigenvalue weighted by Crippen LogP contribution is 2.14. The number of rotatable bonds is 3. The molecule has 1 aliphatic rings. The first-order valence-electron chi connectivity index (χ1n) is 7.64. The molecule has 1 saturated heterocycles. The van der Waals surface area contributed by atoms with Gasteiger partial charge in [-0.3, -0.25) is 9.88 Å². The van der Waals surface area contributed by atoms with Crippen LogP contribution in [0.2, 0.25) is 0 Å². The molecule has 0 bridgehead atoms. The lowest BCUT2D eigenvalue weighted by molar-refractivity contribution is 0.143. The summed E-state index contributed by atoms with van der Waals surface area (Å²) in [6.07, 6.45) is 3.62. The third-order valence-electron chi connectivity index (χ3n) is 3.90. The molecule has 2 aromatic rings. The molecular weight excluding hydrogens is 295 g/mol. The quantitative estimate of drug-likeness (QED) is 0.947. The summed E-state index contributed by atoms with van der Waals surface area (Å²) in [5.74, 6) is -0.420. The zero-order valence-corrected chi connectivity index (χ0v) is 12.8. The number of halogens is 1. The van der Waals surface area contributed by atoms with E-state index in [1.807, 2.05) is 18.3 Å². The van der Waals surface area contributed by atoms with E-state index in [-0.39, 0.29) is 11.7 Å². The van der Waals surface area contributed by atoms with Gasteiger partial charge in [-0.1, -0.05) is 18.2 Å². The van der Waals surface area contributed by atoms with Gasteiger partial charge >= 0.3 is 6.03 Å². The van der Waals surface area contributed by atoms with Gasteiger partial charge in [0.1, 0.15) is 5.82 Å². The van der Waals surface area contributed by atoms with Crippen LogP contribution in [0.4, 0.5) is 14.9 Å². The van der Waals surface area contributed by atoms with Gasteiger partial charge in [0.2, 0.25) is 0 Å². The summed E-state index contributed by atoms with van der Waals surface area (Å²) >= 11 is 0. The number of carbonyl (C=O) groups excluding carboxylic acids is 1. The van der Waals surface area contributed by atoms with Crippen LogP contribution in [-0.2, 0) is 6.54 Å². The number of para-hydroxylation sites is 1. The molecule has 2 amide bonds. The Labute approximate surface area is 134 Å². The fourth-order valence-electron chi connectivity index (χ4n) is 2.62. The summed E-state index contributed by atoms with van der Waals surface area (Å²) in [6, 6.07) is 9.91. The van der Waals surface area contributed by atoms with Crippen molar-refractivity contribution in [1.29, 1.82) is 0 Å². The maximum Gasteiger partial charge on any atom is 0.322 e. The summed E-state index contributed by atoms with van der Waals surface area (Å²) < 4.78 is 13.6. The van der Waals surface area contributed by atoms with Gasteiger partial charge in [0.15, 0.2) is 0 Å². The normalized spacial score (nSPS) is 15.4. The molecule has 120 valence electrons. The molecule has 0 saturated carbocycles. The number of carbonyl (C=O) groups is 1. The van der Waals surface area contributed by atoms with Gasteiger partial charge in [-0.05, 0) is 23.8 Å². The Morgan fingerprint density at radius 3 is 2.61 bits per heavy atom. The van der Waals surface area contributed by atoms with E-state index in [1.165, 1.54) is 6.07 Å². The van der Waals surface area contributed by atoms with Gasteiger partial charge < -0.3 is 10.2 Å². The second-order valence-corrected chi connectivity index (χ2v) is 5.53. The van der Waals surface area contributed by atoms with E-state index in [1.54, 1.807) is 29.3 Å². The Morgan fingerprint density at radius 2 is 1.91 bits per heavy atom. The number of hydrogen-bond donors (Lipinski definition) is 1. The first-order valence-corrected chi connectivity index (χ1v) is 7.64. The van der Waals surface area contributed by atoms with Crippen molar-refractivity contribution in [3.8, 4) is 0 Å². The highest BCUT2D eigenvalue weighted by atomic mass is 19.1. The Balaban J connectivity index is 1.50. The summed E-state index contributed by atoms with van der Waals surface area (Å²) in [7, 11) is 0. The number of nitrogens with zero attached hydrogens (tertiary/aromatic N) is 3. The minimum atomic E-state index is -0.420. The van der Waals surface area contributed by atoms with E-state index >= 15 is 0 Å². The van der Waals surface area contributed by atoms with Crippen molar-refractivity contribution >= 4 is 11.7 Å². The fraction of sp³-hybridized carbons (Fsp3) is 0.294. The summed E-state index contributed by atoms with van der Waals surface area (Å²) in [4.78, 5) is 20.3. The zero-order valence-electron chi connectivity index (χ0n) is 12.8. The van der Waals surface area contributed by atoms with Crippen LogP contribution >= 0.6 is 0 Å². The molecule has 1 aliphatic heterocycles. The molecule has 23 heavy (non-hydrogen) atoms. The van der Waals surface area contributed by atoms with Crippen molar-refractivity contribution < 1.29 is 9.18 Å². The van der Waals surface area contributed by atoms with Crippen molar-refractivity contribution in [1.82, 2.24) is 14.8 Å². The van der Waals surface area contributed by atoms with Crippen molar-refractivity contribution in [2.45, 2.75) is 6.54 Å². The number of piperazine rings is 1. The maximum absolute atomic E-state index is 13.6. The summed E-state index contributed by atoms with van der Waals surface area (Å²) in [5.41, 5.74) is 1.38. The molecule has 1 fully saturated rings. The summed E-state index contributed by atoms with van der Waals surface area (Å²) in [5, 5.41) is 2.63. The van der Waals surface area contributed by atoms with E-state index in [9.17, 15) is 9.18 Å². The molecular formula is C17H19FN4O. The first kappa shape index (κ1) is 15.4. The van der Waals surface area contributed by atoms with Crippen LogP contribution in [0.25, 0.3) is 0 Å². The second-order valence-electron chi connectivity index (χ2n) is 5.53. The third-order valence-corrected chi connectivity index (χ3v) is 3.90. The Morgan fingerprint density at radius 1 is 1.13 bits per heavy atom. The number of benzene rings is 1. The molecule has 5 nitrogen and oxygen atoms in total. The number of nitrogens with one attached hydrogen (secondary N) is 1. The Hall–Kier alpha value is -2.47. The monoisotopic (exact) mass is 314 g/mol. The van der Waals surface area contributed by atoms with Gasteiger partial charge in [-0.2, -0.15) is 0 Å². The lowest BCUT2D eigenvalue weighted by Crippen LogP contribution is -2.49. The zero-order chi connectivity index (χ0) is 16.1. The predicted molar refractivity (Wildman–Crippen MR) is 86.5 cm³/mol. The molecule has 0 unspecified atom stereocenters. The Kier molecular flexibility index (Phi) is 4.83. The van der Waals surface area contributed by atoms with Crippen LogP contribution in [0.5, 0.6) is 0 Å². The van der Waals surface area contributed by atoms with Crippen molar-refractivity contribution in [2.75, 3.05) is 31.5 Å². The molecule has 1 N–H and O–H groups in total. The van der Waals surface area contributed by atoms with Crippen LogP contribution in [-0.4, -0.2) is 47.0 Å². The number of amides is 2. The minimum absolute atomic E-state index is 0.218. The molecule has 0 atom stereocenters. The van der Waals surface area contributed by atoms with E-state index in [2.05, 4.69) is 15.2 Å². The van der Waals surface area contributed by atoms with Gasteiger partial charge in [0, 0.05) is 45.1 Å². The van der Waals surface area contributed by atoms with Crippen LogP contribution in [0, 0.1) is 5.82 Å². The topological polar surface area (TPSA) is 48.5 Å². The number of pyridine rings is 1. The van der Waals surface area contributed by atoms with Gasteiger partial charge in [0.05, 0.1) is 5.69 Å². The third kappa shape index (κ3) is 4.04. The number of hydrogen-bond acceptors (Lipinski definition) is 3. The van der Waals surface area contributed by atoms with E-state index in [0.717, 1.165) is 25.2 Å². The molecule has 6 heteroatoms. The van der Waals surface area contributed by atoms with Crippen LogP contribution < -0.4 is 5.32 Å². The number of anilines is 1. The van der Waals surface area contributed by atoms with E-state index in [4.69, 9.17) is 0 Å². The molecule has 0 spiro atoms. The van der Waals surface area contributed by atoms with Gasteiger partial charge in [-0.25, -0.2) is 9.18 Å². The van der Waals surface area contributed by atoms with Crippen LogP contribution in [0.3, 0.4) is 0 Å². The largest absolute Gasteiger partial charge is 0.322 e. The molecule has 1 aromatic carbocycles. The average molecular weight is 314 g/mol. The molecule has 1 aromatic heterocycles. The number of aromatic nitrogens is 1. The van der Waals surface area contributed by atoms with Crippen molar-refractivity contribution in [3.63, 3.8) is 0 Å². The molecule has 0 aliphatic carbocycles. The van der Waals surface area contributed by atoms with Crippen molar-refractivity contribution in [2.24, 2.45) is 0 Å². The fourth-order valence-corrected chi connectivity index (χ4v) is 2.62. The molecule has 0 radical (unpaired) electrons. The van der Waals surface area contributed by atoms with Gasteiger partial charge in [-0.15, -0.1) is 0 Å². The lowest BCUT2D eigenvalue weighted by Gasteiger charge is -2.34. The lowest BCUT2D eigenvalue weighted by atomic mass is 10.2. The SMILES string of the molecule is O=C(Nc1ccccc1F)N1CCN(Cc2cccnc2)CC1. The first-order chi connectivity index (χ1) is 11.2. The molecule has 2 heterocycles. The molecule has 3 rings (SSSR count). The highest BCUT2D eigenvalue weighted by molar-refractivity contribution is 5.89. The maximum atomic E-state index is 13.6. The van der Waals surface area contributed by atoms with E-state index < -0.39 is 5.82 Å².